The Bertz CT molecular complexity index is 694. The fraction of sp³-hybridized carbons (Fsp3) is 0.222. The van der Waals surface area contributed by atoms with Gasteiger partial charge in [0.2, 0.25) is 0 Å². The summed E-state index contributed by atoms with van der Waals surface area (Å²) < 4.78 is 48.2. The van der Waals surface area contributed by atoms with Crippen LogP contribution in [0.1, 0.15) is 58.5 Å². The number of benzene rings is 2. The molecular weight excluding hydrogens is 324 g/mol. The van der Waals surface area contributed by atoms with E-state index in [2.05, 4.69) is 0 Å². The summed E-state index contributed by atoms with van der Waals surface area (Å²) in [5, 5.41) is 0. The number of hydrogen-bond donors (Lipinski definition) is 0. The van der Waals surface area contributed by atoms with Crippen molar-refractivity contribution in [3.63, 3.8) is 0 Å². The van der Waals surface area contributed by atoms with Crippen molar-refractivity contribution >= 4 is 11.6 Å². The van der Waals surface area contributed by atoms with E-state index < -0.39 is 12.9 Å². The molecule has 0 aromatic heterocycles. The zero-order valence-corrected chi connectivity index (χ0v) is 13.1. The number of carbonyl (C=O) groups excluding carboxylic acids is 2. The van der Waals surface area contributed by atoms with E-state index in [1.165, 1.54) is 62.4 Å². The molecule has 0 saturated heterocycles. The molecule has 2 aromatic carbocycles. The summed E-state index contributed by atoms with van der Waals surface area (Å²) in [7, 11) is 0. The lowest BCUT2D eigenvalue weighted by molar-refractivity contribution is 0.100. The average Bonchev–Trinajstić information content (AvgIpc) is 2.55. The average molecular weight is 340 g/mol. The van der Waals surface area contributed by atoms with Crippen LogP contribution in [-0.4, -0.2) is 11.6 Å². The van der Waals surface area contributed by atoms with E-state index in [4.69, 9.17) is 0 Å². The maximum absolute atomic E-state index is 12.1. The Labute approximate surface area is 137 Å². The Balaban J connectivity index is 0.000000240. The molecule has 0 radical (unpaired) electrons. The minimum absolute atomic E-state index is 0.0556. The summed E-state index contributed by atoms with van der Waals surface area (Å²) in [5.41, 5.74) is 0.620. The van der Waals surface area contributed by atoms with Gasteiger partial charge in [0.25, 0.3) is 12.9 Å². The van der Waals surface area contributed by atoms with E-state index >= 15 is 0 Å². The van der Waals surface area contributed by atoms with Gasteiger partial charge in [0, 0.05) is 22.3 Å². The molecule has 0 bridgehead atoms. The van der Waals surface area contributed by atoms with Gasteiger partial charge in [-0.1, -0.05) is 42.5 Å². The van der Waals surface area contributed by atoms with Gasteiger partial charge >= 0.3 is 0 Å². The van der Waals surface area contributed by atoms with Crippen molar-refractivity contribution in [3.8, 4) is 0 Å². The fourth-order valence-corrected chi connectivity index (χ4v) is 1.76. The number of alkyl halides is 4. The van der Waals surface area contributed by atoms with Crippen molar-refractivity contribution in [1.29, 1.82) is 0 Å². The topological polar surface area (TPSA) is 34.1 Å². The highest BCUT2D eigenvalue weighted by molar-refractivity contribution is 5.94. The van der Waals surface area contributed by atoms with Crippen LogP contribution in [0.3, 0.4) is 0 Å². The molecule has 6 heteroatoms. The summed E-state index contributed by atoms with van der Waals surface area (Å²) in [5.74, 6) is -0.312. The molecule has 0 aliphatic heterocycles. The molecule has 0 N–H and O–H groups in total. The number of hydrogen-bond acceptors (Lipinski definition) is 2. The minimum atomic E-state index is -2.51. The molecule has 0 spiro atoms. The molecule has 0 atom stereocenters. The van der Waals surface area contributed by atoms with Crippen LogP contribution in [-0.2, 0) is 0 Å². The number of Topliss-reactive ketones (excluding diaryl/α,β-unsaturated/α-hetero) is 2. The molecule has 0 aliphatic rings. The number of carbonyl (C=O) groups is 2. The Morgan fingerprint density at radius 2 is 1.21 bits per heavy atom. The van der Waals surface area contributed by atoms with Gasteiger partial charge in [0.15, 0.2) is 11.6 Å². The molecule has 0 amide bonds. The Morgan fingerprint density at radius 1 is 0.708 bits per heavy atom. The van der Waals surface area contributed by atoms with E-state index in [0.717, 1.165) is 0 Å². The molecule has 0 fully saturated rings. The maximum atomic E-state index is 12.1. The van der Waals surface area contributed by atoms with Crippen LogP contribution < -0.4 is 0 Å². The van der Waals surface area contributed by atoms with Gasteiger partial charge in [-0.05, 0) is 19.9 Å². The summed E-state index contributed by atoms with van der Waals surface area (Å²) >= 11 is 0. The van der Waals surface area contributed by atoms with Gasteiger partial charge in [-0.2, -0.15) is 0 Å². The molecule has 128 valence electrons. The quantitative estimate of drug-likeness (QED) is 0.532. The molecule has 2 aromatic rings. The standard InChI is InChI=1S/2C9H8F2O/c1-6(12)7-2-4-8(5-3-7)9(10)11;1-6(12)7-3-2-4-8(5-7)9(10)11/h2*2-5,9H,1H3. The zero-order valence-electron chi connectivity index (χ0n) is 13.1. The van der Waals surface area contributed by atoms with Crippen molar-refractivity contribution in [1.82, 2.24) is 0 Å². The van der Waals surface area contributed by atoms with Gasteiger partial charge in [-0.15, -0.1) is 0 Å². The molecule has 0 aliphatic carbocycles. The predicted octanol–water partition coefficient (Wildman–Crippen LogP) is 5.65. The lowest BCUT2D eigenvalue weighted by atomic mass is 10.1. The van der Waals surface area contributed by atoms with Crippen LogP contribution in [0.15, 0.2) is 48.5 Å². The third-order valence-electron chi connectivity index (χ3n) is 3.11. The second-order valence-electron chi connectivity index (χ2n) is 4.96. The monoisotopic (exact) mass is 340 g/mol. The Hall–Kier alpha value is -2.50. The summed E-state index contributed by atoms with van der Waals surface area (Å²) in [4.78, 5) is 21.5. The predicted molar refractivity (Wildman–Crippen MR) is 82.8 cm³/mol. The normalized spacial score (nSPS) is 10.3. The van der Waals surface area contributed by atoms with E-state index in [-0.39, 0.29) is 22.7 Å². The van der Waals surface area contributed by atoms with Crippen molar-refractivity contribution in [3.05, 3.63) is 70.8 Å². The van der Waals surface area contributed by atoms with Gasteiger partial charge < -0.3 is 0 Å². The van der Waals surface area contributed by atoms with Crippen LogP contribution in [0.25, 0.3) is 0 Å². The molecule has 24 heavy (non-hydrogen) atoms. The van der Waals surface area contributed by atoms with Crippen molar-refractivity contribution in [2.45, 2.75) is 26.7 Å². The number of halogens is 4. The lowest BCUT2D eigenvalue weighted by Gasteiger charge is -2.00. The fourth-order valence-electron chi connectivity index (χ4n) is 1.76. The van der Waals surface area contributed by atoms with E-state index in [1.807, 2.05) is 0 Å². The second kappa shape index (κ2) is 8.96. The lowest BCUT2D eigenvalue weighted by Crippen LogP contribution is -1.93. The van der Waals surface area contributed by atoms with Crippen LogP contribution in [0, 0.1) is 0 Å². The first-order valence-corrected chi connectivity index (χ1v) is 7.00. The first-order valence-electron chi connectivity index (χ1n) is 7.00. The maximum Gasteiger partial charge on any atom is 0.263 e. The van der Waals surface area contributed by atoms with Gasteiger partial charge in [0.1, 0.15) is 0 Å². The van der Waals surface area contributed by atoms with Crippen molar-refractivity contribution in [2.75, 3.05) is 0 Å². The summed E-state index contributed by atoms with van der Waals surface area (Å²) in [6, 6.07) is 10.8. The first kappa shape index (κ1) is 19.5. The van der Waals surface area contributed by atoms with Crippen LogP contribution in [0.4, 0.5) is 17.6 Å². The SMILES string of the molecule is CC(=O)c1ccc(C(F)F)cc1.CC(=O)c1cccc(C(F)F)c1. The van der Waals surface area contributed by atoms with Crippen molar-refractivity contribution < 1.29 is 27.2 Å². The highest BCUT2D eigenvalue weighted by Gasteiger charge is 2.08. The van der Waals surface area contributed by atoms with Gasteiger partial charge in [-0.3, -0.25) is 9.59 Å². The van der Waals surface area contributed by atoms with E-state index in [1.54, 1.807) is 0 Å². The minimum Gasteiger partial charge on any atom is -0.295 e. The van der Waals surface area contributed by atoms with Gasteiger partial charge in [-0.25, -0.2) is 17.6 Å². The van der Waals surface area contributed by atoms with Gasteiger partial charge in [0.05, 0.1) is 0 Å². The van der Waals surface area contributed by atoms with Crippen LogP contribution in [0.2, 0.25) is 0 Å². The molecule has 0 saturated carbocycles. The zero-order chi connectivity index (χ0) is 18.3. The second-order valence-corrected chi connectivity index (χ2v) is 4.96. The number of ketones is 2. The summed E-state index contributed by atoms with van der Waals surface area (Å²) in [6.45, 7) is 2.75. The van der Waals surface area contributed by atoms with Crippen LogP contribution in [0.5, 0.6) is 0 Å². The summed E-state index contributed by atoms with van der Waals surface area (Å²) in [6.07, 6.45) is -4.98. The highest BCUT2D eigenvalue weighted by Crippen LogP contribution is 2.19. The van der Waals surface area contributed by atoms with Crippen molar-refractivity contribution in [2.24, 2.45) is 0 Å². The highest BCUT2D eigenvalue weighted by atomic mass is 19.3. The smallest absolute Gasteiger partial charge is 0.263 e. The number of rotatable bonds is 4. The third kappa shape index (κ3) is 5.95. The largest absolute Gasteiger partial charge is 0.295 e. The first-order chi connectivity index (χ1) is 11.2. The molecule has 2 rings (SSSR count). The van der Waals surface area contributed by atoms with E-state index in [9.17, 15) is 27.2 Å². The molecule has 2 nitrogen and oxygen atoms in total. The molecule has 0 heterocycles. The van der Waals surface area contributed by atoms with Crippen LogP contribution >= 0.6 is 0 Å². The third-order valence-corrected chi connectivity index (χ3v) is 3.11. The molecular formula is C18H16F4O2. The molecule has 0 unspecified atom stereocenters. The Kier molecular flexibility index (Phi) is 7.30. The van der Waals surface area contributed by atoms with E-state index in [0.29, 0.717) is 11.1 Å². The Morgan fingerprint density at radius 3 is 1.62 bits per heavy atom.